The van der Waals surface area contributed by atoms with Crippen LogP contribution in [-0.4, -0.2) is 145 Å². The molecule has 122 heavy (non-hydrogen) atoms. The molecule has 27 nitrogen and oxygen atoms in total. The fourth-order valence-corrected chi connectivity index (χ4v) is 23.7. The van der Waals surface area contributed by atoms with E-state index in [1.165, 1.54) is 0 Å². The Bertz CT molecular complexity index is 4900. The number of phosphoric ester groups is 2. The Balaban J connectivity index is 0.000000212. The molecule has 4 aromatic rings. The van der Waals surface area contributed by atoms with Crippen LogP contribution in [0.5, 0.6) is 11.5 Å². The second-order valence-electron chi connectivity index (χ2n) is 38.3. The Labute approximate surface area is 713 Å². The molecule has 8 N–H and O–H groups in total. The molecule has 10 aliphatic rings. The van der Waals surface area contributed by atoms with Crippen molar-refractivity contribution < 1.29 is 114 Å². The number of nitrogens with two attached hydrogens (primary N) is 1. The van der Waals surface area contributed by atoms with Crippen LogP contribution < -0.4 is 25.8 Å². The van der Waals surface area contributed by atoms with Crippen LogP contribution in [0.3, 0.4) is 0 Å². The van der Waals surface area contributed by atoms with E-state index in [4.69, 9.17) is 52.2 Å². The number of ketones is 6. The van der Waals surface area contributed by atoms with Crippen LogP contribution in [0.2, 0.25) is 0 Å². The quantitative estimate of drug-likeness (QED) is 0.0260. The average Bonchev–Trinajstić information content (AvgIpc) is 1.50. The molecule has 29 heteroatoms. The van der Waals surface area contributed by atoms with Crippen molar-refractivity contribution in [3.05, 3.63) is 178 Å². The van der Waals surface area contributed by atoms with Gasteiger partial charge in [0.15, 0.2) is 58.5 Å². The minimum Gasteiger partial charge on any atom is -0.489 e. The summed E-state index contributed by atoms with van der Waals surface area (Å²) in [5, 5.41) is 29.6. The number of carbonyl (C=O) groups excluding carboxylic acids is 8. The number of ether oxygens (including phenoxy) is 6. The van der Waals surface area contributed by atoms with Gasteiger partial charge in [-0.2, -0.15) is 0 Å². The summed E-state index contributed by atoms with van der Waals surface area (Å²) in [6.45, 7) is 25.8. The van der Waals surface area contributed by atoms with Gasteiger partial charge in [0.1, 0.15) is 37.9 Å². The fourth-order valence-electron chi connectivity index (χ4n) is 21.6. The van der Waals surface area contributed by atoms with Crippen molar-refractivity contribution in [2.45, 2.75) is 259 Å². The third-order valence-corrected chi connectivity index (χ3v) is 29.7. The predicted molar refractivity (Wildman–Crippen MR) is 448 cm³/mol. The van der Waals surface area contributed by atoms with Gasteiger partial charge in [0.2, 0.25) is 11.8 Å². The Morgan fingerprint density at radius 2 is 0.951 bits per heavy atom. The third kappa shape index (κ3) is 18.5. The zero-order valence-electron chi connectivity index (χ0n) is 72.3. The van der Waals surface area contributed by atoms with Crippen molar-refractivity contribution in [2.75, 3.05) is 13.2 Å². The van der Waals surface area contributed by atoms with E-state index in [1.807, 2.05) is 86.7 Å². The number of aliphatic hydroxyl groups excluding tert-OH is 2. The molecule has 2 amide bonds. The lowest BCUT2D eigenvalue weighted by Gasteiger charge is -2.59. The third-order valence-electron chi connectivity index (χ3n) is 27.3. The van der Waals surface area contributed by atoms with Gasteiger partial charge in [-0.15, -0.1) is 0 Å². The Hall–Kier alpha value is -7.66. The number of amides is 2. The molecule has 0 bridgehead atoms. The summed E-state index contributed by atoms with van der Waals surface area (Å²) in [5.41, 5.74) is 4.04. The van der Waals surface area contributed by atoms with E-state index in [9.17, 15) is 62.7 Å². The van der Waals surface area contributed by atoms with Crippen molar-refractivity contribution in [3.63, 3.8) is 0 Å². The number of phosphoric acid groups is 2. The zero-order valence-corrected chi connectivity index (χ0v) is 74.1. The molecule has 660 valence electrons. The summed E-state index contributed by atoms with van der Waals surface area (Å²) in [5.74, 6) is -1.82. The molecule has 6 saturated carbocycles. The summed E-state index contributed by atoms with van der Waals surface area (Å²) in [6, 6.07) is 27.3. The predicted octanol–water partition coefficient (Wildman–Crippen LogP) is 12.9. The van der Waals surface area contributed by atoms with E-state index >= 15 is 4.79 Å². The first-order chi connectivity index (χ1) is 57.1. The van der Waals surface area contributed by atoms with Gasteiger partial charge in [-0.25, -0.2) is 9.13 Å². The number of Topliss-reactive ketones (excluding diaryl/α,β-unsaturated/α-hetero) is 4. The number of rotatable bonds is 28. The van der Waals surface area contributed by atoms with Gasteiger partial charge in [0.05, 0.1) is 53.7 Å². The number of nitrogens with one attached hydrogen (secondary N) is 2. The molecule has 14 rings (SSSR count). The standard InChI is InChI=1S/C51H68NO12P.C42H51N2O12P/c1-30(2)45(57)52-31(3)40(54)24-33-13-12-14-37(23-33)59-28-32-15-17-34(18-16-32)46-61-43-26-39-38-20-19-35-25-36(53)21-22-49(35,10)44(38)41(55)27-50(39,11)51(43,62-46)42(56)29-60-65(58,63-47(4,5)6)64-48(7,8)9;1-23(43)38(49)44-24(2)33(46)17-26-6-5-7-30(16-26)53-21-25-8-10-27(11-9-25)39-55-36-19-32-31-13-12-28-18-29(45)14-15-40(28,3)37(31)34(47)20-41(32,4)42(36,56-39)35(48)22-54-57(50,51)52/h12-18,21-23,25,30-31,38-39,41,43-44,46,55H,19-20,24,26-29H2,1-11H3,(H,52,57);5-11,14-16,18,23-24,31-32,34,36-37,39,47H,12-13,17,19-22,43H2,1-4H3,(H,44,49)(H2,50,51,52)/t31-,38-,39-,41-,43+,44+,46+,49-,50-,51+;23-,24-,31-,32-,34-,36+,37+,39+,40-,41-,42+/m00/s1. The number of benzene rings is 4. The van der Waals surface area contributed by atoms with E-state index in [-0.39, 0.29) is 109 Å². The largest absolute Gasteiger partial charge is 0.489 e. The number of fused-ring (bicyclic) bond motifs is 14. The lowest BCUT2D eigenvalue weighted by atomic mass is 9.46. The van der Waals surface area contributed by atoms with Crippen LogP contribution in [0.15, 0.2) is 145 Å². The van der Waals surface area contributed by atoms with Gasteiger partial charge >= 0.3 is 15.6 Å². The number of allylic oxidation sites excluding steroid dienone is 8. The lowest BCUT2D eigenvalue weighted by molar-refractivity contribution is -0.201. The maximum atomic E-state index is 15.2. The van der Waals surface area contributed by atoms with Crippen LogP contribution in [0.25, 0.3) is 0 Å². The molecule has 8 fully saturated rings. The van der Waals surface area contributed by atoms with E-state index < -0.39 is 146 Å². The highest BCUT2D eigenvalue weighted by Gasteiger charge is 2.78. The molecule has 4 aromatic carbocycles. The Morgan fingerprint density at radius 1 is 0.557 bits per heavy atom. The lowest BCUT2D eigenvalue weighted by Crippen LogP contribution is -2.63. The van der Waals surface area contributed by atoms with Crippen molar-refractivity contribution in [2.24, 2.45) is 68.8 Å². The number of hydrogen-bond donors (Lipinski definition) is 7. The van der Waals surface area contributed by atoms with Crippen LogP contribution >= 0.6 is 15.6 Å². The molecule has 2 saturated heterocycles. The van der Waals surface area contributed by atoms with Gasteiger partial charge in [0, 0.05) is 63.4 Å². The van der Waals surface area contributed by atoms with Gasteiger partial charge < -0.3 is 64.8 Å². The molecule has 0 aromatic heterocycles. The number of hydrogen-bond acceptors (Lipinski definition) is 23. The first-order valence-electron chi connectivity index (χ1n) is 42.5. The highest BCUT2D eigenvalue weighted by Crippen LogP contribution is 2.73. The highest BCUT2D eigenvalue weighted by atomic mass is 31.2. The van der Waals surface area contributed by atoms with E-state index in [0.29, 0.717) is 54.7 Å². The second-order valence-corrected chi connectivity index (χ2v) is 41.1. The normalized spacial score (nSPS) is 32.5. The Kier molecular flexibility index (Phi) is 26.4. The molecule has 2 heterocycles. The minimum absolute atomic E-state index is 0.00781. The highest BCUT2D eigenvalue weighted by molar-refractivity contribution is 7.48. The first-order valence-corrected chi connectivity index (χ1v) is 45.5. The summed E-state index contributed by atoms with van der Waals surface area (Å²) in [7, 11) is -9.30. The van der Waals surface area contributed by atoms with Gasteiger partial charge in [-0.3, -0.25) is 56.5 Å². The zero-order chi connectivity index (χ0) is 88.6. The van der Waals surface area contributed by atoms with Crippen LogP contribution in [0.1, 0.15) is 201 Å². The van der Waals surface area contributed by atoms with Crippen molar-refractivity contribution in [1.82, 2.24) is 10.6 Å². The average molecular weight is 1720 g/mol. The van der Waals surface area contributed by atoms with Crippen molar-refractivity contribution in [3.8, 4) is 11.5 Å². The molecule has 2 aliphatic heterocycles. The Morgan fingerprint density at radius 3 is 1.33 bits per heavy atom. The van der Waals surface area contributed by atoms with E-state index in [0.717, 1.165) is 39.8 Å². The molecule has 8 aliphatic carbocycles. The topological polar surface area (TPSA) is 394 Å². The van der Waals surface area contributed by atoms with Crippen LogP contribution in [0.4, 0.5) is 0 Å². The SMILES string of the molecule is CC(C)C(=O)N[C@@H](C)C(=O)Cc1cccc(OCc2ccc([C@@H]3O[C@@H]4C[C@H]5[C@@H]6CCC7=CC(=O)C=C[C@]7(C)[C@H]6[C@@H](O)C[C@]5(C)[C@]4(C(=O)COP(=O)(OC(C)(C)C)OC(C)(C)C)O3)cc2)c1.C[C@H](N)C(=O)N[C@@H](C)C(=O)Cc1cccc(OCc2ccc([C@@H]3O[C@@H]4C[C@H]5[C@@H]6CCC7=CC(=O)C=C[C@]7(C)[C@H]6[C@@H](O)C[C@]5(C)[C@]4(C(=O)COP(=O)(O)O)O3)cc2)c1. The minimum atomic E-state index is -5.01. The van der Waals surface area contributed by atoms with E-state index in [2.05, 4.69) is 24.5 Å². The summed E-state index contributed by atoms with van der Waals surface area (Å²) >= 11 is 0. The second kappa shape index (κ2) is 34.9. The summed E-state index contributed by atoms with van der Waals surface area (Å²) in [6.07, 6.45) is 9.66. The van der Waals surface area contributed by atoms with E-state index in [1.54, 1.807) is 137 Å². The smallest absolute Gasteiger partial charge is 0.476 e. The summed E-state index contributed by atoms with van der Waals surface area (Å²) < 4.78 is 87.8. The van der Waals surface area contributed by atoms with Gasteiger partial charge in [-0.1, -0.05) is 138 Å². The number of aliphatic hydroxyl groups is 2. The van der Waals surface area contributed by atoms with Crippen molar-refractivity contribution >= 4 is 62.2 Å². The molecule has 0 spiro atoms. The maximum Gasteiger partial charge on any atom is 0.476 e. The monoisotopic (exact) mass is 1720 g/mol. The van der Waals surface area contributed by atoms with Crippen LogP contribution in [0, 0.1) is 63.1 Å². The molecule has 0 unspecified atom stereocenters. The molecule has 21 atom stereocenters. The van der Waals surface area contributed by atoms with Crippen LogP contribution in [-0.2, 0) is 111 Å². The number of carbonyl (C=O) groups is 8. The summed E-state index contributed by atoms with van der Waals surface area (Å²) in [4.78, 5) is 123. The fraction of sp³-hybridized carbons (Fsp3) is 0.570. The first kappa shape index (κ1) is 92.0. The molecule has 0 radical (unpaired) electrons. The van der Waals surface area contributed by atoms with Crippen molar-refractivity contribution in [1.29, 1.82) is 0 Å². The van der Waals surface area contributed by atoms with Gasteiger partial charge in [-0.05, 0) is 208 Å². The molecular formula is C93H119N3O24P2. The molecular weight excluding hydrogens is 1600 g/mol. The van der Waals surface area contributed by atoms with Gasteiger partial charge in [0.25, 0.3) is 0 Å². The maximum absolute atomic E-state index is 15.2.